The van der Waals surface area contributed by atoms with Gasteiger partial charge in [-0.25, -0.2) is 0 Å². The van der Waals surface area contributed by atoms with Crippen molar-refractivity contribution in [2.75, 3.05) is 30.8 Å². The fourth-order valence-electron chi connectivity index (χ4n) is 2.04. The zero-order valence-electron chi connectivity index (χ0n) is 12.1. The Morgan fingerprint density at radius 2 is 2.00 bits per heavy atom. The number of rotatable bonds is 6. The number of anilines is 2. The van der Waals surface area contributed by atoms with Gasteiger partial charge in [0.15, 0.2) is 0 Å². The van der Waals surface area contributed by atoms with E-state index in [0.29, 0.717) is 17.9 Å². The van der Waals surface area contributed by atoms with E-state index < -0.39 is 0 Å². The van der Waals surface area contributed by atoms with E-state index in [0.717, 1.165) is 24.4 Å². The largest absolute Gasteiger partial charge is 0.491 e. The maximum Gasteiger partial charge on any atom is 0.142 e. The number of hydrogen-bond acceptors (Lipinski definition) is 4. The zero-order valence-corrected chi connectivity index (χ0v) is 12.1. The van der Waals surface area contributed by atoms with Gasteiger partial charge in [0.05, 0.1) is 23.9 Å². The number of para-hydroxylation sites is 2. The monoisotopic (exact) mass is 281 g/mol. The molecule has 4 heteroatoms. The molecular weight excluding hydrogens is 262 g/mol. The summed E-state index contributed by atoms with van der Waals surface area (Å²) in [5.41, 5.74) is 8.19. The normalized spacial score (nSPS) is 9.90. The van der Waals surface area contributed by atoms with Crippen LogP contribution in [0.1, 0.15) is 12.0 Å². The Hall–Kier alpha value is -2.67. The minimum Gasteiger partial charge on any atom is -0.491 e. The van der Waals surface area contributed by atoms with Crippen molar-refractivity contribution in [3.05, 3.63) is 54.1 Å². The maximum atomic E-state index is 8.91. The van der Waals surface area contributed by atoms with Crippen molar-refractivity contribution in [3.8, 4) is 11.8 Å². The summed E-state index contributed by atoms with van der Waals surface area (Å²) in [7, 11) is 2.01. The molecule has 2 aromatic carbocycles. The van der Waals surface area contributed by atoms with Gasteiger partial charge in [0.1, 0.15) is 5.75 Å². The van der Waals surface area contributed by atoms with Gasteiger partial charge in [-0.05, 0) is 36.8 Å². The molecule has 0 radical (unpaired) electrons. The highest BCUT2D eigenvalue weighted by atomic mass is 16.5. The summed E-state index contributed by atoms with van der Waals surface area (Å²) >= 11 is 0. The Morgan fingerprint density at radius 1 is 1.19 bits per heavy atom. The van der Waals surface area contributed by atoms with Gasteiger partial charge in [0.25, 0.3) is 0 Å². The van der Waals surface area contributed by atoms with Gasteiger partial charge in [-0.15, -0.1) is 0 Å². The number of ether oxygens (including phenoxy) is 1. The predicted octanol–water partition coefficient (Wildman–Crippen LogP) is 3.05. The first kappa shape index (κ1) is 14.7. The van der Waals surface area contributed by atoms with Crippen LogP contribution < -0.4 is 15.4 Å². The molecule has 2 N–H and O–H groups in total. The van der Waals surface area contributed by atoms with Gasteiger partial charge < -0.3 is 15.4 Å². The summed E-state index contributed by atoms with van der Waals surface area (Å²) in [4.78, 5) is 2.11. The molecule has 0 bridgehead atoms. The third kappa shape index (κ3) is 4.15. The van der Waals surface area contributed by atoms with E-state index in [1.807, 2.05) is 49.5 Å². The van der Waals surface area contributed by atoms with Gasteiger partial charge >= 0.3 is 0 Å². The second-order valence-corrected chi connectivity index (χ2v) is 4.82. The average molecular weight is 281 g/mol. The third-order valence-corrected chi connectivity index (χ3v) is 3.23. The first-order valence-corrected chi connectivity index (χ1v) is 6.89. The van der Waals surface area contributed by atoms with E-state index in [1.165, 1.54) is 0 Å². The van der Waals surface area contributed by atoms with Crippen molar-refractivity contribution in [2.45, 2.75) is 6.42 Å². The van der Waals surface area contributed by atoms with E-state index in [1.54, 1.807) is 6.07 Å². The lowest BCUT2D eigenvalue weighted by Crippen LogP contribution is -2.20. The van der Waals surface area contributed by atoms with Crippen molar-refractivity contribution in [2.24, 2.45) is 0 Å². The number of nitrogens with two attached hydrogens (primary N) is 1. The van der Waals surface area contributed by atoms with Crippen LogP contribution in [0.5, 0.6) is 5.75 Å². The number of benzene rings is 2. The van der Waals surface area contributed by atoms with Gasteiger partial charge in [0.2, 0.25) is 0 Å². The van der Waals surface area contributed by atoms with Crippen LogP contribution in [0.3, 0.4) is 0 Å². The summed E-state index contributed by atoms with van der Waals surface area (Å²) < 4.78 is 5.66. The number of hydrogen-bond donors (Lipinski definition) is 1. The molecule has 0 aliphatic heterocycles. The van der Waals surface area contributed by atoms with Crippen molar-refractivity contribution >= 4 is 11.4 Å². The smallest absolute Gasteiger partial charge is 0.142 e. The molecule has 0 heterocycles. The van der Waals surface area contributed by atoms with Crippen LogP contribution in [-0.2, 0) is 0 Å². The Kier molecular flexibility index (Phi) is 5.05. The van der Waals surface area contributed by atoms with Gasteiger partial charge in [-0.2, -0.15) is 5.26 Å². The molecule has 0 amide bonds. The SMILES string of the molecule is CN(CCCOc1ccccc1N)c1cccc(C#N)c1. The second-order valence-electron chi connectivity index (χ2n) is 4.82. The molecular formula is C17H19N3O. The van der Waals surface area contributed by atoms with E-state index in [-0.39, 0.29) is 0 Å². The molecule has 0 atom stereocenters. The topological polar surface area (TPSA) is 62.3 Å². The fourth-order valence-corrected chi connectivity index (χ4v) is 2.04. The fraction of sp³-hybridized carbons (Fsp3) is 0.235. The summed E-state index contributed by atoms with van der Waals surface area (Å²) in [5.74, 6) is 0.728. The van der Waals surface area contributed by atoms with Gasteiger partial charge in [0, 0.05) is 19.3 Å². The standard InChI is InChI=1S/C17H19N3O/c1-20(15-7-4-6-14(12-15)13-18)10-5-11-21-17-9-3-2-8-16(17)19/h2-4,6-9,12H,5,10-11,19H2,1H3. The molecule has 0 aliphatic rings. The lowest BCUT2D eigenvalue weighted by molar-refractivity contribution is 0.314. The van der Waals surface area contributed by atoms with Crippen LogP contribution in [0, 0.1) is 11.3 Å². The molecule has 0 aromatic heterocycles. The van der Waals surface area contributed by atoms with Crippen molar-refractivity contribution in [3.63, 3.8) is 0 Å². The highest BCUT2D eigenvalue weighted by Crippen LogP contribution is 2.20. The van der Waals surface area contributed by atoms with Crippen molar-refractivity contribution in [1.29, 1.82) is 5.26 Å². The lowest BCUT2D eigenvalue weighted by Gasteiger charge is -2.19. The van der Waals surface area contributed by atoms with E-state index in [9.17, 15) is 0 Å². The van der Waals surface area contributed by atoms with Crippen molar-refractivity contribution in [1.82, 2.24) is 0 Å². The lowest BCUT2D eigenvalue weighted by atomic mass is 10.2. The van der Waals surface area contributed by atoms with Crippen LogP contribution in [0.15, 0.2) is 48.5 Å². The molecule has 0 spiro atoms. The van der Waals surface area contributed by atoms with Crippen LogP contribution in [0.4, 0.5) is 11.4 Å². The Bertz CT molecular complexity index is 634. The highest BCUT2D eigenvalue weighted by molar-refractivity contribution is 5.52. The Morgan fingerprint density at radius 3 is 2.76 bits per heavy atom. The Balaban J connectivity index is 1.81. The number of nitriles is 1. The van der Waals surface area contributed by atoms with Crippen LogP contribution in [-0.4, -0.2) is 20.2 Å². The van der Waals surface area contributed by atoms with Gasteiger partial charge in [-0.3, -0.25) is 0 Å². The van der Waals surface area contributed by atoms with Crippen LogP contribution in [0.25, 0.3) is 0 Å². The quantitative estimate of drug-likeness (QED) is 0.653. The predicted molar refractivity (Wildman–Crippen MR) is 85.4 cm³/mol. The number of nitrogen functional groups attached to an aromatic ring is 1. The summed E-state index contributed by atoms with van der Waals surface area (Å²) in [6.45, 7) is 1.46. The third-order valence-electron chi connectivity index (χ3n) is 3.23. The summed E-state index contributed by atoms with van der Waals surface area (Å²) in [6.07, 6.45) is 0.877. The molecule has 0 saturated heterocycles. The molecule has 0 saturated carbocycles. The van der Waals surface area contributed by atoms with E-state index in [4.69, 9.17) is 15.7 Å². The molecule has 0 fully saturated rings. The van der Waals surface area contributed by atoms with Crippen LogP contribution >= 0.6 is 0 Å². The second kappa shape index (κ2) is 7.20. The minimum absolute atomic E-state index is 0.608. The van der Waals surface area contributed by atoms with E-state index in [2.05, 4.69) is 11.0 Å². The average Bonchev–Trinajstić information content (AvgIpc) is 2.53. The summed E-state index contributed by atoms with van der Waals surface area (Å²) in [5, 5.41) is 8.91. The highest BCUT2D eigenvalue weighted by Gasteiger charge is 2.03. The summed E-state index contributed by atoms with van der Waals surface area (Å²) in [6, 6.07) is 17.2. The van der Waals surface area contributed by atoms with Gasteiger partial charge in [-0.1, -0.05) is 18.2 Å². The molecule has 2 aromatic rings. The first-order chi connectivity index (χ1) is 10.2. The molecule has 0 aliphatic carbocycles. The maximum absolute atomic E-state index is 8.91. The molecule has 2 rings (SSSR count). The minimum atomic E-state index is 0.608. The molecule has 4 nitrogen and oxygen atoms in total. The Labute approximate surface area is 125 Å². The molecule has 21 heavy (non-hydrogen) atoms. The molecule has 0 unspecified atom stereocenters. The molecule has 108 valence electrons. The zero-order chi connectivity index (χ0) is 15.1. The first-order valence-electron chi connectivity index (χ1n) is 6.89. The number of nitrogens with zero attached hydrogens (tertiary/aromatic N) is 2. The van der Waals surface area contributed by atoms with Crippen molar-refractivity contribution < 1.29 is 4.74 Å². The van der Waals surface area contributed by atoms with Crippen LogP contribution in [0.2, 0.25) is 0 Å². The van der Waals surface area contributed by atoms with E-state index >= 15 is 0 Å².